The van der Waals surface area contributed by atoms with Crippen molar-refractivity contribution in [2.75, 3.05) is 10.8 Å². The van der Waals surface area contributed by atoms with Crippen LogP contribution in [-0.2, 0) is 21.4 Å². The average molecular weight is 484 g/mol. The molecule has 0 saturated heterocycles. The molecule has 0 spiro atoms. The molecule has 1 N–H and O–H groups in total. The van der Waals surface area contributed by atoms with E-state index in [1.807, 2.05) is 0 Å². The molecule has 0 saturated carbocycles. The lowest BCUT2D eigenvalue weighted by Crippen LogP contribution is -2.40. The smallest absolute Gasteiger partial charge is 0.264 e. The Morgan fingerprint density at radius 2 is 1.57 bits per heavy atom. The predicted molar refractivity (Wildman–Crippen MR) is 121 cm³/mol. The molecule has 3 aromatic rings. The van der Waals surface area contributed by atoms with Gasteiger partial charge in [-0.05, 0) is 54.1 Å². The molecule has 0 fully saturated rings. The third-order valence-electron chi connectivity index (χ3n) is 4.22. The molecule has 156 valence electrons. The summed E-state index contributed by atoms with van der Waals surface area (Å²) in [7, 11) is -4.04. The molecule has 5 nitrogen and oxygen atoms in total. The quantitative estimate of drug-likeness (QED) is 0.505. The molecule has 0 bridgehead atoms. The van der Waals surface area contributed by atoms with Gasteiger partial charge in [0, 0.05) is 21.6 Å². The molecule has 0 atom stereocenters. The maximum Gasteiger partial charge on any atom is 0.264 e. The van der Waals surface area contributed by atoms with Crippen LogP contribution in [0, 0.1) is 0 Å². The van der Waals surface area contributed by atoms with E-state index in [-0.39, 0.29) is 17.1 Å². The number of amides is 1. The minimum atomic E-state index is -4.04. The van der Waals surface area contributed by atoms with Crippen LogP contribution in [-0.4, -0.2) is 20.9 Å². The highest BCUT2D eigenvalue weighted by Gasteiger charge is 2.27. The van der Waals surface area contributed by atoms with Crippen molar-refractivity contribution >= 4 is 56.4 Å². The van der Waals surface area contributed by atoms with Gasteiger partial charge in [0.15, 0.2) is 0 Å². The Balaban J connectivity index is 1.87. The first kappa shape index (κ1) is 22.4. The number of nitrogens with one attached hydrogen (secondary N) is 1. The van der Waals surface area contributed by atoms with E-state index in [0.717, 1.165) is 9.87 Å². The highest BCUT2D eigenvalue weighted by molar-refractivity contribution is 7.92. The van der Waals surface area contributed by atoms with Crippen molar-refractivity contribution in [3.05, 3.63) is 93.4 Å². The Bertz CT molecular complexity index is 1150. The Hall–Kier alpha value is -2.25. The molecule has 0 unspecified atom stereocenters. The molecule has 0 aromatic heterocycles. The largest absolute Gasteiger partial charge is 0.350 e. The third kappa shape index (κ3) is 5.46. The standard InChI is InChI=1S/C21H17Cl3N2O3S/c22-16-8-10-19(11-9-16)30(28,29)26(18-6-3-5-17(23)12-18)14-21(27)25-13-15-4-1-2-7-20(15)24/h1-12H,13-14H2,(H,25,27). The topological polar surface area (TPSA) is 66.5 Å². The zero-order valence-electron chi connectivity index (χ0n) is 15.6. The van der Waals surface area contributed by atoms with Crippen molar-refractivity contribution in [2.45, 2.75) is 11.4 Å². The second kappa shape index (κ2) is 9.71. The van der Waals surface area contributed by atoms with E-state index < -0.39 is 22.5 Å². The summed E-state index contributed by atoms with van der Waals surface area (Å²) in [5.74, 6) is -0.493. The van der Waals surface area contributed by atoms with E-state index >= 15 is 0 Å². The van der Waals surface area contributed by atoms with Crippen LogP contribution in [0.15, 0.2) is 77.7 Å². The number of anilines is 1. The number of carbonyl (C=O) groups excluding carboxylic acids is 1. The lowest BCUT2D eigenvalue weighted by atomic mass is 10.2. The van der Waals surface area contributed by atoms with Gasteiger partial charge in [-0.3, -0.25) is 9.10 Å². The molecule has 1 amide bonds. The molecule has 0 aliphatic carbocycles. The fourth-order valence-electron chi connectivity index (χ4n) is 2.70. The first-order chi connectivity index (χ1) is 14.3. The van der Waals surface area contributed by atoms with E-state index in [1.54, 1.807) is 42.5 Å². The molecule has 0 aliphatic rings. The number of hydrogen-bond acceptors (Lipinski definition) is 3. The number of carbonyl (C=O) groups is 1. The minimum Gasteiger partial charge on any atom is -0.350 e. The van der Waals surface area contributed by atoms with Crippen LogP contribution < -0.4 is 9.62 Å². The van der Waals surface area contributed by atoms with Gasteiger partial charge in [0.2, 0.25) is 5.91 Å². The van der Waals surface area contributed by atoms with Crippen molar-refractivity contribution in [3.63, 3.8) is 0 Å². The predicted octanol–water partition coefficient (Wildman–Crippen LogP) is 5.16. The van der Waals surface area contributed by atoms with E-state index in [9.17, 15) is 13.2 Å². The van der Waals surface area contributed by atoms with Gasteiger partial charge in [-0.2, -0.15) is 0 Å². The van der Waals surface area contributed by atoms with Crippen LogP contribution in [0.5, 0.6) is 0 Å². The van der Waals surface area contributed by atoms with Crippen molar-refractivity contribution in [2.24, 2.45) is 0 Å². The summed E-state index contributed by atoms with van der Waals surface area (Å²) in [6.07, 6.45) is 0. The maximum absolute atomic E-state index is 13.3. The lowest BCUT2D eigenvalue weighted by Gasteiger charge is -2.24. The van der Waals surface area contributed by atoms with Gasteiger partial charge in [0.1, 0.15) is 6.54 Å². The Kier molecular flexibility index (Phi) is 7.26. The van der Waals surface area contributed by atoms with Gasteiger partial charge in [0.25, 0.3) is 10.0 Å². The van der Waals surface area contributed by atoms with Gasteiger partial charge >= 0.3 is 0 Å². The number of sulfonamides is 1. The van der Waals surface area contributed by atoms with Crippen LogP contribution in [0.2, 0.25) is 15.1 Å². The van der Waals surface area contributed by atoms with Crippen molar-refractivity contribution in [3.8, 4) is 0 Å². The van der Waals surface area contributed by atoms with Crippen molar-refractivity contribution in [1.29, 1.82) is 0 Å². The van der Waals surface area contributed by atoms with E-state index in [1.165, 1.54) is 30.3 Å². The summed E-state index contributed by atoms with van der Waals surface area (Å²) in [5, 5.41) is 3.97. The Morgan fingerprint density at radius 3 is 2.23 bits per heavy atom. The fourth-order valence-corrected chi connectivity index (χ4v) is 4.63. The molecule has 0 aliphatic heterocycles. The SMILES string of the molecule is O=C(CN(c1cccc(Cl)c1)S(=O)(=O)c1ccc(Cl)cc1)NCc1ccccc1Cl. The normalized spacial score (nSPS) is 11.2. The third-order valence-corrected chi connectivity index (χ3v) is 6.86. The summed E-state index contributed by atoms with van der Waals surface area (Å²) in [6, 6.07) is 19.1. The van der Waals surface area contributed by atoms with Gasteiger partial charge in [0.05, 0.1) is 10.6 Å². The fraction of sp³-hybridized carbons (Fsp3) is 0.0952. The molecule has 30 heavy (non-hydrogen) atoms. The first-order valence-electron chi connectivity index (χ1n) is 8.81. The van der Waals surface area contributed by atoms with Crippen molar-refractivity contribution < 1.29 is 13.2 Å². The minimum absolute atomic E-state index is 0.00535. The summed E-state index contributed by atoms with van der Waals surface area (Å²) in [5.41, 5.74) is 0.993. The molecule has 3 aromatic carbocycles. The van der Waals surface area contributed by atoms with Crippen LogP contribution in [0.25, 0.3) is 0 Å². The van der Waals surface area contributed by atoms with Crippen LogP contribution in [0.4, 0.5) is 5.69 Å². The lowest BCUT2D eigenvalue weighted by molar-refractivity contribution is -0.119. The summed E-state index contributed by atoms with van der Waals surface area (Å²) in [4.78, 5) is 12.6. The molecule has 9 heteroatoms. The molecule has 3 rings (SSSR count). The van der Waals surface area contributed by atoms with Crippen LogP contribution in [0.3, 0.4) is 0 Å². The summed E-state index contributed by atoms with van der Waals surface area (Å²) in [6.45, 7) is -0.265. The number of nitrogens with zero attached hydrogens (tertiary/aromatic N) is 1. The van der Waals surface area contributed by atoms with E-state index in [2.05, 4.69) is 5.32 Å². The molecular weight excluding hydrogens is 467 g/mol. The van der Waals surface area contributed by atoms with E-state index in [0.29, 0.717) is 15.1 Å². The Labute approximate surface area is 190 Å². The van der Waals surface area contributed by atoms with Crippen molar-refractivity contribution in [1.82, 2.24) is 5.32 Å². The Morgan fingerprint density at radius 1 is 0.867 bits per heavy atom. The second-order valence-electron chi connectivity index (χ2n) is 6.31. The van der Waals surface area contributed by atoms with Gasteiger partial charge < -0.3 is 5.32 Å². The van der Waals surface area contributed by atoms with Gasteiger partial charge in [-0.25, -0.2) is 8.42 Å². The van der Waals surface area contributed by atoms with Gasteiger partial charge in [-0.15, -0.1) is 0 Å². The molecular formula is C21H17Cl3N2O3S. The average Bonchev–Trinajstić information content (AvgIpc) is 2.71. The van der Waals surface area contributed by atoms with Crippen LogP contribution >= 0.6 is 34.8 Å². The zero-order valence-corrected chi connectivity index (χ0v) is 18.6. The number of halogens is 3. The van der Waals surface area contributed by atoms with Crippen LogP contribution in [0.1, 0.15) is 5.56 Å². The highest BCUT2D eigenvalue weighted by Crippen LogP contribution is 2.26. The highest BCUT2D eigenvalue weighted by atomic mass is 35.5. The molecule has 0 heterocycles. The van der Waals surface area contributed by atoms with E-state index in [4.69, 9.17) is 34.8 Å². The summed E-state index contributed by atoms with van der Waals surface area (Å²) < 4.78 is 27.5. The first-order valence-corrected chi connectivity index (χ1v) is 11.4. The second-order valence-corrected chi connectivity index (χ2v) is 9.46. The molecule has 0 radical (unpaired) electrons. The van der Waals surface area contributed by atoms with Gasteiger partial charge in [-0.1, -0.05) is 59.1 Å². The zero-order chi connectivity index (χ0) is 21.7. The summed E-state index contributed by atoms with van der Waals surface area (Å²) >= 11 is 18.0. The maximum atomic E-state index is 13.3. The monoisotopic (exact) mass is 482 g/mol. The number of hydrogen-bond donors (Lipinski definition) is 1. The number of benzene rings is 3. The number of rotatable bonds is 7.